The van der Waals surface area contributed by atoms with Crippen molar-refractivity contribution in [3.8, 4) is 6.07 Å². The summed E-state index contributed by atoms with van der Waals surface area (Å²) >= 11 is 0. The number of nitrogens with two attached hydrogens (primary N) is 1. The minimum absolute atomic E-state index is 0.174. The average molecular weight is 273 g/mol. The van der Waals surface area contributed by atoms with Crippen molar-refractivity contribution in [2.45, 2.75) is 25.7 Å². The van der Waals surface area contributed by atoms with Gasteiger partial charge in [-0.1, -0.05) is 0 Å². The van der Waals surface area contributed by atoms with Crippen molar-refractivity contribution in [3.63, 3.8) is 0 Å². The number of carbonyl (C=O) groups excluding carboxylic acids is 1. The first-order valence-electron chi connectivity index (χ1n) is 6.89. The third kappa shape index (κ3) is 3.60. The molecule has 0 bridgehead atoms. The lowest BCUT2D eigenvalue weighted by molar-refractivity contribution is -0.131. The quantitative estimate of drug-likeness (QED) is 0.863. The van der Waals surface area contributed by atoms with Crippen molar-refractivity contribution >= 4 is 17.4 Å². The van der Waals surface area contributed by atoms with E-state index in [0.29, 0.717) is 24.5 Å². The number of hydrogen-bond donors (Lipinski definition) is 2. The molecule has 20 heavy (non-hydrogen) atoms. The predicted molar refractivity (Wildman–Crippen MR) is 76.9 cm³/mol. The molecule has 1 amide bonds. The minimum atomic E-state index is 0.174. The number of amides is 1. The largest absolute Gasteiger partial charge is 0.396 e. The zero-order chi connectivity index (χ0) is 14.4. The Bertz CT molecular complexity index is 517. The van der Waals surface area contributed by atoms with Crippen molar-refractivity contribution in [2.24, 2.45) is 0 Å². The molecular weight excluding hydrogens is 254 g/mol. The molecule has 6 heteroatoms. The molecule has 0 aromatic carbocycles. The van der Waals surface area contributed by atoms with Crippen LogP contribution in [0, 0.1) is 11.3 Å². The van der Waals surface area contributed by atoms with Gasteiger partial charge in [0.15, 0.2) is 5.69 Å². The van der Waals surface area contributed by atoms with Crippen LogP contribution in [0.3, 0.4) is 0 Å². The van der Waals surface area contributed by atoms with Crippen molar-refractivity contribution in [1.29, 1.82) is 5.26 Å². The van der Waals surface area contributed by atoms with Crippen LogP contribution in [0.4, 0.5) is 11.5 Å². The molecule has 0 saturated carbocycles. The van der Waals surface area contributed by atoms with E-state index in [1.54, 1.807) is 12.1 Å². The number of hydrogen-bond acceptors (Lipinski definition) is 5. The number of aromatic nitrogens is 1. The molecule has 2 heterocycles. The van der Waals surface area contributed by atoms with Crippen molar-refractivity contribution in [2.75, 3.05) is 30.7 Å². The third-order valence-corrected chi connectivity index (χ3v) is 3.39. The number of likely N-dealkylation sites (tertiary alicyclic amines) is 1. The fourth-order valence-corrected chi connectivity index (χ4v) is 2.26. The zero-order valence-corrected chi connectivity index (χ0v) is 11.4. The lowest BCUT2D eigenvalue weighted by atomic mass is 10.1. The molecule has 3 N–H and O–H groups in total. The van der Waals surface area contributed by atoms with Gasteiger partial charge in [-0.25, -0.2) is 4.98 Å². The fourth-order valence-electron chi connectivity index (χ4n) is 2.26. The number of nitrogens with zero attached hydrogens (tertiary/aromatic N) is 3. The molecule has 1 aromatic rings. The van der Waals surface area contributed by atoms with Gasteiger partial charge in [0.1, 0.15) is 11.9 Å². The molecule has 0 aliphatic carbocycles. The summed E-state index contributed by atoms with van der Waals surface area (Å²) in [7, 11) is 0. The molecule has 0 radical (unpaired) electrons. The molecule has 1 fully saturated rings. The second kappa shape index (κ2) is 6.75. The summed E-state index contributed by atoms with van der Waals surface area (Å²) in [4.78, 5) is 18.0. The second-order valence-electron chi connectivity index (χ2n) is 4.86. The van der Waals surface area contributed by atoms with Gasteiger partial charge in [0.25, 0.3) is 0 Å². The Labute approximate surface area is 118 Å². The maximum Gasteiger partial charge on any atom is 0.224 e. The second-order valence-corrected chi connectivity index (χ2v) is 4.86. The van der Waals surface area contributed by atoms with E-state index in [1.165, 1.54) is 6.42 Å². The smallest absolute Gasteiger partial charge is 0.224 e. The van der Waals surface area contributed by atoms with Crippen LogP contribution in [0.5, 0.6) is 0 Å². The molecule has 1 aliphatic heterocycles. The number of anilines is 2. The molecule has 0 atom stereocenters. The molecule has 6 nitrogen and oxygen atoms in total. The van der Waals surface area contributed by atoms with Gasteiger partial charge in [-0.3, -0.25) is 4.79 Å². The normalized spacial score (nSPS) is 14.7. The Morgan fingerprint density at radius 1 is 1.40 bits per heavy atom. The van der Waals surface area contributed by atoms with Crippen LogP contribution in [0.25, 0.3) is 0 Å². The molecule has 1 saturated heterocycles. The highest BCUT2D eigenvalue weighted by molar-refractivity contribution is 5.76. The maximum atomic E-state index is 12.0. The van der Waals surface area contributed by atoms with Crippen LogP contribution in [-0.2, 0) is 4.79 Å². The van der Waals surface area contributed by atoms with Crippen LogP contribution in [0.1, 0.15) is 31.4 Å². The monoisotopic (exact) mass is 273 g/mol. The van der Waals surface area contributed by atoms with Crippen LogP contribution in [0.15, 0.2) is 12.1 Å². The van der Waals surface area contributed by atoms with Crippen molar-refractivity contribution in [3.05, 3.63) is 17.8 Å². The number of nitriles is 1. The molecule has 106 valence electrons. The lowest BCUT2D eigenvalue weighted by Gasteiger charge is -2.26. The van der Waals surface area contributed by atoms with E-state index >= 15 is 0 Å². The Morgan fingerprint density at radius 2 is 2.15 bits per heavy atom. The number of piperidine rings is 1. The molecular formula is C14H19N5O. The highest BCUT2D eigenvalue weighted by atomic mass is 16.2. The SMILES string of the molecule is N#Cc1nc(NCCC(=O)N2CCCCC2)ccc1N. The summed E-state index contributed by atoms with van der Waals surface area (Å²) in [5, 5.41) is 11.9. The number of nitrogens with one attached hydrogen (secondary N) is 1. The summed E-state index contributed by atoms with van der Waals surface area (Å²) in [5.41, 5.74) is 6.17. The predicted octanol–water partition coefficient (Wildman–Crippen LogP) is 1.35. The van der Waals surface area contributed by atoms with E-state index in [-0.39, 0.29) is 11.6 Å². The lowest BCUT2D eigenvalue weighted by Crippen LogP contribution is -2.36. The first-order chi connectivity index (χ1) is 9.70. The van der Waals surface area contributed by atoms with Gasteiger partial charge in [0.2, 0.25) is 5.91 Å². The van der Waals surface area contributed by atoms with Gasteiger partial charge in [0.05, 0.1) is 5.69 Å². The Balaban J connectivity index is 1.80. The Kier molecular flexibility index (Phi) is 4.77. The molecule has 1 aromatic heterocycles. The first-order valence-corrected chi connectivity index (χ1v) is 6.89. The van der Waals surface area contributed by atoms with Crippen LogP contribution < -0.4 is 11.1 Å². The van der Waals surface area contributed by atoms with Gasteiger partial charge >= 0.3 is 0 Å². The van der Waals surface area contributed by atoms with Gasteiger partial charge < -0.3 is 16.0 Å². The van der Waals surface area contributed by atoms with Crippen LogP contribution in [-0.4, -0.2) is 35.4 Å². The highest BCUT2D eigenvalue weighted by Crippen LogP contribution is 2.13. The molecule has 1 aliphatic rings. The van der Waals surface area contributed by atoms with E-state index in [0.717, 1.165) is 25.9 Å². The summed E-state index contributed by atoms with van der Waals surface area (Å²) in [6.07, 6.45) is 3.86. The van der Waals surface area contributed by atoms with Gasteiger partial charge in [-0.15, -0.1) is 0 Å². The van der Waals surface area contributed by atoms with Gasteiger partial charge in [-0.05, 0) is 31.4 Å². The van der Waals surface area contributed by atoms with Crippen molar-refractivity contribution in [1.82, 2.24) is 9.88 Å². The van der Waals surface area contributed by atoms with Gasteiger partial charge in [-0.2, -0.15) is 5.26 Å². The topological polar surface area (TPSA) is 95.0 Å². The number of rotatable bonds is 4. The Hall–Kier alpha value is -2.29. The number of pyridine rings is 1. The Morgan fingerprint density at radius 3 is 2.85 bits per heavy atom. The summed E-state index contributed by atoms with van der Waals surface area (Å²) in [5.74, 6) is 0.746. The third-order valence-electron chi connectivity index (χ3n) is 3.39. The van der Waals surface area contributed by atoms with E-state index in [4.69, 9.17) is 11.0 Å². The minimum Gasteiger partial charge on any atom is -0.396 e. The number of carbonyl (C=O) groups is 1. The summed E-state index contributed by atoms with van der Waals surface area (Å²) < 4.78 is 0. The first kappa shape index (κ1) is 14.1. The maximum absolute atomic E-state index is 12.0. The summed E-state index contributed by atoms with van der Waals surface area (Å²) in [6, 6.07) is 5.28. The fraction of sp³-hybridized carbons (Fsp3) is 0.500. The molecule has 2 rings (SSSR count). The van der Waals surface area contributed by atoms with Crippen LogP contribution in [0.2, 0.25) is 0 Å². The van der Waals surface area contributed by atoms with E-state index in [1.807, 2.05) is 11.0 Å². The summed E-state index contributed by atoms with van der Waals surface area (Å²) in [6.45, 7) is 2.26. The average Bonchev–Trinajstić information content (AvgIpc) is 2.49. The van der Waals surface area contributed by atoms with Crippen molar-refractivity contribution < 1.29 is 4.79 Å². The van der Waals surface area contributed by atoms with Gasteiger partial charge in [0, 0.05) is 26.1 Å². The molecule has 0 spiro atoms. The zero-order valence-electron chi connectivity index (χ0n) is 11.4. The number of nitrogen functional groups attached to an aromatic ring is 1. The van der Waals surface area contributed by atoms with E-state index in [9.17, 15) is 4.79 Å². The standard InChI is InChI=1S/C14H19N5O/c15-10-12-11(16)4-5-13(18-12)17-7-6-14(20)19-8-2-1-3-9-19/h4-5H,1-3,6-9,16H2,(H,17,18). The molecule has 0 unspecified atom stereocenters. The van der Waals surface area contributed by atoms with Crippen LogP contribution >= 0.6 is 0 Å². The highest BCUT2D eigenvalue weighted by Gasteiger charge is 2.15. The van der Waals surface area contributed by atoms with E-state index in [2.05, 4.69) is 10.3 Å². The van der Waals surface area contributed by atoms with E-state index < -0.39 is 0 Å².